The molecule has 5 fully saturated rings. The number of nitrogens with zero attached hydrogens (tertiary/aromatic N) is 1. The van der Waals surface area contributed by atoms with E-state index in [0.717, 1.165) is 38.5 Å². The first-order valence-corrected chi connectivity index (χ1v) is 12.9. The Morgan fingerprint density at radius 1 is 1.22 bits per heavy atom. The Morgan fingerprint density at radius 2 is 1.88 bits per heavy atom. The third-order valence-electron chi connectivity index (χ3n) is 8.70. The Morgan fingerprint density at radius 3 is 2.41 bits per heavy atom. The van der Waals surface area contributed by atoms with Crippen molar-refractivity contribution < 1.29 is 18.4 Å². The lowest BCUT2D eigenvalue weighted by atomic mass is 9.47. The number of carbonyl (C=O) groups excluding carboxylic acids is 2. The van der Waals surface area contributed by atoms with Gasteiger partial charge in [-0.25, -0.2) is 4.21 Å². The molecule has 4 bridgehead atoms. The first-order chi connectivity index (χ1) is 15.2. The van der Waals surface area contributed by atoms with E-state index >= 15 is 0 Å². The van der Waals surface area contributed by atoms with Crippen LogP contribution in [0.3, 0.4) is 0 Å². The Bertz CT molecular complexity index is 981. The van der Waals surface area contributed by atoms with E-state index in [2.05, 4.69) is 5.32 Å². The molecule has 5 aliphatic rings. The van der Waals surface area contributed by atoms with Crippen molar-refractivity contribution in [3.8, 4) is 0 Å². The molecule has 5 saturated carbocycles. The van der Waals surface area contributed by atoms with Gasteiger partial charge in [-0.2, -0.15) is 0 Å². The number of benzene rings is 1. The molecule has 5 aliphatic carbocycles. The summed E-state index contributed by atoms with van der Waals surface area (Å²) >= 11 is 3.90. The van der Waals surface area contributed by atoms with E-state index in [9.17, 15) is 18.4 Å². The van der Waals surface area contributed by atoms with Crippen molar-refractivity contribution in [3.05, 3.63) is 28.8 Å². The van der Waals surface area contributed by atoms with Crippen LogP contribution in [0.25, 0.3) is 0 Å². The maximum Gasteiger partial charge on any atom is 0.262 e. The minimum Gasteiger partial charge on any atom is -0.369 e. The lowest BCUT2D eigenvalue weighted by molar-refractivity contribution is -0.148. The highest BCUT2D eigenvalue weighted by molar-refractivity contribution is 7.80. The van der Waals surface area contributed by atoms with Gasteiger partial charge in [-0.05, 0) is 93.7 Å². The monoisotopic (exact) mass is 479 g/mol. The van der Waals surface area contributed by atoms with Crippen molar-refractivity contribution in [1.82, 2.24) is 5.32 Å². The van der Waals surface area contributed by atoms with E-state index in [-0.39, 0.29) is 29.7 Å². The molecule has 0 heterocycles. The fourth-order valence-electron chi connectivity index (χ4n) is 7.16. The molecular weight excluding hydrogens is 450 g/mol. The molecule has 0 aliphatic heterocycles. The van der Waals surface area contributed by atoms with Crippen LogP contribution in [0.2, 0.25) is 5.02 Å². The molecule has 174 valence electrons. The highest BCUT2D eigenvalue weighted by atomic mass is 35.5. The summed E-state index contributed by atoms with van der Waals surface area (Å²) in [7, 11) is 0. The van der Waals surface area contributed by atoms with Crippen molar-refractivity contribution in [3.63, 3.8) is 0 Å². The molecule has 3 atom stereocenters. The number of halogens is 1. The highest BCUT2D eigenvalue weighted by Crippen LogP contribution is 2.60. The van der Waals surface area contributed by atoms with Gasteiger partial charge in [0.05, 0.1) is 5.69 Å². The van der Waals surface area contributed by atoms with Gasteiger partial charge < -0.3 is 11.1 Å². The molecule has 3 unspecified atom stereocenters. The molecule has 2 amide bonds. The lowest BCUT2D eigenvalue weighted by Crippen LogP contribution is -2.68. The standard InChI is InChI=1S/C23H30ClN3O4S/c1-13-17(24)4-2-5-18(13)27(32(30)31)23(6-3-7-23)21(29)26-19-15-8-14-9-16(19)12-22(10-14,11-15)20(25)28/h2,4-5,14-16,19H,3,6-12H2,1H3,(H2,25,28)(H,26,29)(H,30,31). The van der Waals surface area contributed by atoms with Gasteiger partial charge in [0.2, 0.25) is 11.8 Å². The largest absolute Gasteiger partial charge is 0.369 e. The number of hydrogen-bond acceptors (Lipinski definition) is 3. The number of carbonyl (C=O) groups is 2. The zero-order chi connectivity index (χ0) is 22.8. The van der Waals surface area contributed by atoms with Crippen LogP contribution in [0.15, 0.2) is 18.2 Å². The quantitative estimate of drug-likeness (QED) is 0.543. The maximum atomic E-state index is 13.7. The summed E-state index contributed by atoms with van der Waals surface area (Å²) in [6.45, 7) is 1.79. The predicted molar refractivity (Wildman–Crippen MR) is 123 cm³/mol. The van der Waals surface area contributed by atoms with Gasteiger partial charge in [-0.15, -0.1) is 0 Å². The topological polar surface area (TPSA) is 113 Å². The van der Waals surface area contributed by atoms with Crippen LogP contribution in [-0.2, 0) is 20.9 Å². The van der Waals surface area contributed by atoms with E-state index in [1.165, 1.54) is 4.31 Å². The van der Waals surface area contributed by atoms with Crippen LogP contribution in [0, 0.1) is 30.1 Å². The smallest absolute Gasteiger partial charge is 0.262 e. The molecule has 0 saturated heterocycles. The Kier molecular flexibility index (Phi) is 5.34. The van der Waals surface area contributed by atoms with Crippen LogP contribution >= 0.6 is 11.6 Å². The number of nitrogens with two attached hydrogens (primary N) is 1. The van der Waals surface area contributed by atoms with Gasteiger partial charge >= 0.3 is 0 Å². The van der Waals surface area contributed by atoms with E-state index in [0.29, 0.717) is 35.0 Å². The van der Waals surface area contributed by atoms with Crippen LogP contribution in [-0.4, -0.2) is 32.2 Å². The van der Waals surface area contributed by atoms with Gasteiger partial charge in [-0.1, -0.05) is 17.7 Å². The molecule has 7 nitrogen and oxygen atoms in total. The van der Waals surface area contributed by atoms with Crippen molar-refractivity contribution in [1.29, 1.82) is 0 Å². The molecule has 4 N–H and O–H groups in total. The minimum absolute atomic E-state index is 0.0153. The summed E-state index contributed by atoms with van der Waals surface area (Å²) in [6, 6.07) is 5.19. The summed E-state index contributed by atoms with van der Waals surface area (Å²) in [5.74, 6) is 0.569. The van der Waals surface area contributed by atoms with Crippen molar-refractivity contribution in [2.75, 3.05) is 4.31 Å². The second kappa shape index (κ2) is 7.71. The van der Waals surface area contributed by atoms with E-state index in [1.54, 1.807) is 25.1 Å². The summed E-state index contributed by atoms with van der Waals surface area (Å²) in [6.07, 6.45) is 6.18. The fraction of sp³-hybridized carbons (Fsp3) is 0.652. The highest BCUT2D eigenvalue weighted by Gasteiger charge is 2.60. The first-order valence-electron chi connectivity index (χ1n) is 11.4. The zero-order valence-corrected chi connectivity index (χ0v) is 19.8. The molecular formula is C23H30ClN3O4S. The van der Waals surface area contributed by atoms with Gasteiger partial charge in [0.1, 0.15) is 5.54 Å². The normalized spacial score (nSPS) is 35.1. The second-order valence-electron chi connectivity index (χ2n) is 10.4. The van der Waals surface area contributed by atoms with Crippen molar-refractivity contribution in [2.24, 2.45) is 28.9 Å². The van der Waals surface area contributed by atoms with Crippen molar-refractivity contribution in [2.45, 2.75) is 69.9 Å². The SMILES string of the molecule is Cc1c(Cl)cccc1N(S(=O)O)C1(C(=O)NC2C3CC4CC2CC(C(N)=O)(C4)C3)CCC1. The molecule has 6 rings (SSSR count). The molecule has 0 aromatic heterocycles. The number of primary amides is 1. The van der Waals surface area contributed by atoms with Crippen LogP contribution < -0.4 is 15.4 Å². The summed E-state index contributed by atoms with van der Waals surface area (Å²) in [4.78, 5) is 26.0. The number of rotatable bonds is 6. The predicted octanol–water partition coefficient (Wildman–Crippen LogP) is 3.31. The zero-order valence-electron chi connectivity index (χ0n) is 18.2. The molecule has 9 heteroatoms. The number of anilines is 1. The summed E-state index contributed by atoms with van der Waals surface area (Å²) < 4.78 is 24.1. The third-order valence-corrected chi connectivity index (χ3v) is 9.97. The average molecular weight is 480 g/mol. The molecule has 1 aromatic carbocycles. The number of amides is 2. The van der Waals surface area contributed by atoms with Crippen LogP contribution in [0.5, 0.6) is 0 Å². The Labute approximate surface area is 195 Å². The van der Waals surface area contributed by atoms with E-state index < -0.39 is 22.2 Å². The molecule has 1 aromatic rings. The lowest BCUT2D eigenvalue weighted by Gasteiger charge is -2.59. The molecule has 0 radical (unpaired) electrons. The number of hydrogen-bond donors (Lipinski definition) is 3. The summed E-state index contributed by atoms with van der Waals surface area (Å²) in [5.41, 5.74) is 5.48. The van der Waals surface area contributed by atoms with E-state index in [4.69, 9.17) is 17.3 Å². The van der Waals surface area contributed by atoms with Crippen LogP contribution in [0.1, 0.15) is 56.9 Å². The van der Waals surface area contributed by atoms with Gasteiger partial charge in [0.15, 0.2) is 0 Å². The van der Waals surface area contributed by atoms with Crippen LogP contribution in [0.4, 0.5) is 5.69 Å². The Hall–Kier alpha value is -1.64. The van der Waals surface area contributed by atoms with Crippen molar-refractivity contribution >= 4 is 40.4 Å². The molecule has 32 heavy (non-hydrogen) atoms. The third kappa shape index (κ3) is 3.21. The maximum absolute atomic E-state index is 13.7. The first kappa shape index (κ1) is 22.2. The second-order valence-corrected chi connectivity index (χ2v) is 11.6. The van der Waals surface area contributed by atoms with Gasteiger partial charge in [0.25, 0.3) is 11.3 Å². The van der Waals surface area contributed by atoms with Gasteiger partial charge in [-0.3, -0.25) is 18.4 Å². The minimum atomic E-state index is -2.38. The summed E-state index contributed by atoms with van der Waals surface area (Å²) in [5, 5.41) is 3.78. The Balaban J connectivity index is 1.43. The fourth-order valence-corrected chi connectivity index (χ4v) is 8.26. The average Bonchev–Trinajstić information content (AvgIpc) is 2.69. The van der Waals surface area contributed by atoms with E-state index in [1.807, 2.05) is 0 Å². The van der Waals surface area contributed by atoms with Gasteiger partial charge in [0, 0.05) is 16.5 Å². The molecule has 0 spiro atoms. The number of nitrogens with one attached hydrogen (secondary N) is 1.